The first-order chi connectivity index (χ1) is 2.56. The summed E-state index contributed by atoms with van der Waals surface area (Å²) in [4.78, 5) is 0. The van der Waals surface area contributed by atoms with Gasteiger partial charge in [0.25, 0.3) is 0 Å². The summed E-state index contributed by atoms with van der Waals surface area (Å²) >= 11 is 15.8. The van der Waals surface area contributed by atoms with Crippen molar-refractivity contribution < 1.29 is 0 Å². The lowest BCUT2D eigenvalue weighted by Gasteiger charge is -1.92. The van der Waals surface area contributed by atoms with Crippen LogP contribution < -0.4 is 6.15 Å². The first-order valence-corrected chi connectivity index (χ1v) is 6.38. The molecule has 0 heterocycles. The fraction of sp³-hybridized carbons (Fsp3) is 0. The van der Waals surface area contributed by atoms with Crippen LogP contribution in [0.3, 0.4) is 0 Å². The molecule has 0 aliphatic rings. The number of rotatable bonds is 1. The normalized spacial score (nSPS) is 9.57. The molecule has 3 N–H and O–H groups in total. The van der Waals surface area contributed by atoms with Crippen LogP contribution in [0, 0.1) is 0 Å². The van der Waals surface area contributed by atoms with Crippen LogP contribution in [-0.4, -0.2) is 6.00 Å². The van der Waals surface area contributed by atoms with Crippen molar-refractivity contribution in [3.63, 3.8) is 0 Å². The Balaban J connectivity index is 0. The molecule has 0 aromatic rings. The second-order valence-electron chi connectivity index (χ2n) is 0.746. The van der Waals surface area contributed by atoms with Gasteiger partial charge in [-0.1, -0.05) is 5.70 Å². The minimum absolute atomic E-state index is 0. The maximum atomic E-state index is 5.27. The zero-order chi connectivity index (χ0) is 5.21. The largest absolute Gasteiger partial charge is 0.365 e. The van der Waals surface area contributed by atoms with E-state index < -0.39 is 6.00 Å². The van der Waals surface area contributed by atoms with Gasteiger partial charge in [0.1, 0.15) is 0 Å². The van der Waals surface area contributed by atoms with E-state index in [4.69, 9.17) is 33.2 Å². The van der Waals surface area contributed by atoms with Crippen LogP contribution in [0.1, 0.15) is 0 Å². The quantitative estimate of drug-likeness (QED) is 0.486. The monoisotopic (exact) mass is 177 g/mol. The highest BCUT2D eigenvalue weighted by Crippen LogP contribution is 2.19. The Hall–Kier alpha value is 0.787. The van der Waals surface area contributed by atoms with E-state index in [0.29, 0.717) is 0 Å². The highest BCUT2D eigenvalue weighted by atomic mass is 35.8. The standard InChI is InChI=1S/C2H3Cl3Si.H3N/c1-2-6(3,4)5;/h2H,1H2;1H3. The van der Waals surface area contributed by atoms with Crippen LogP contribution >= 0.6 is 33.2 Å². The molecule has 0 rings (SSSR count). The summed E-state index contributed by atoms with van der Waals surface area (Å²) in [6, 6.07) is -2.45. The van der Waals surface area contributed by atoms with Crippen molar-refractivity contribution >= 4 is 39.2 Å². The summed E-state index contributed by atoms with van der Waals surface area (Å²) in [5.74, 6) is 0. The van der Waals surface area contributed by atoms with Gasteiger partial charge in [0.2, 0.25) is 0 Å². The third-order valence-electron chi connectivity index (χ3n) is 0.231. The van der Waals surface area contributed by atoms with Gasteiger partial charge in [0.05, 0.1) is 0 Å². The predicted octanol–water partition coefficient (Wildman–Crippen LogP) is 2.53. The Morgan fingerprint density at radius 2 is 1.43 bits per heavy atom. The Bertz CT molecular complexity index is 58.4. The first kappa shape index (κ1) is 10.7. The molecule has 7 heavy (non-hydrogen) atoms. The molecular weight excluding hydrogens is 172 g/mol. The van der Waals surface area contributed by atoms with E-state index >= 15 is 0 Å². The topological polar surface area (TPSA) is 35.0 Å². The molecule has 0 aliphatic carbocycles. The van der Waals surface area contributed by atoms with Crippen molar-refractivity contribution in [2.75, 3.05) is 0 Å². The van der Waals surface area contributed by atoms with Crippen molar-refractivity contribution in [3.8, 4) is 0 Å². The van der Waals surface area contributed by atoms with Crippen molar-refractivity contribution in [1.29, 1.82) is 0 Å². The van der Waals surface area contributed by atoms with E-state index in [1.54, 1.807) is 0 Å². The lowest BCUT2D eigenvalue weighted by Crippen LogP contribution is -2.01. The Morgan fingerprint density at radius 1 is 1.29 bits per heavy atom. The second-order valence-corrected chi connectivity index (χ2v) is 9.34. The maximum absolute atomic E-state index is 5.27. The van der Waals surface area contributed by atoms with Crippen LogP contribution in [0.25, 0.3) is 0 Å². The Morgan fingerprint density at radius 3 is 1.43 bits per heavy atom. The van der Waals surface area contributed by atoms with Crippen LogP contribution in [0.2, 0.25) is 0 Å². The average Bonchev–Trinajstić information content (AvgIpc) is 1.35. The molecule has 0 aliphatic heterocycles. The second kappa shape index (κ2) is 3.75. The fourth-order valence-corrected chi connectivity index (χ4v) is 0. The SMILES string of the molecule is C=C[Si](Cl)(Cl)Cl.N. The van der Waals surface area contributed by atoms with E-state index in [2.05, 4.69) is 6.58 Å². The van der Waals surface area contributed by atoms with Gasteiger partial charge in [-0.25, -0.2) is 0 Å². The molecule has 0 spiro atoms. The lowest BCUT2D eigenvalue weighted by molar-refractivity contribution is 2.13. The van der Waals surface area contributed by atoms with E-state index in [-0.39, 0.29) is 6.15 Å². The van der Waals surface area contributed by atoms with Gasteiger partial charge in [0.15, 0.2) is 0 Å². The molecule has 1 nitrogen and oxygen atoms in total. The van der Waals surface area contributed by atoms with Crippen molar-refractivity contribution in [2.24, 2.45) is 0 Å². The highest BCUT2D eigenvalue weighted by Gasteiger charge is 2.17. The lowest BCUT2D eigenvalue weighted by atomic mass is 11.3. The van der Waals surface area contributed by atoms with Gasteiger partial charge in [-0.05, 0) is 0 Å². The van der Waals surface area contributed by atoms with Crippen molar-refractivity contribution in [3.05, 3.63) is 12.3 Å². The van der Waals surface area contributed by atoms with Gasteiger partial charge in [-0.3, -0.25) is 0 Å². The molecule has 0 fully saturated rings. The zero-order valence-corrected chi connectivity index (χ0v) is 6.89. The molecule has 0 atom stereocenters. The number of hydrogen-bond donors (Lipinski definition) is 1. The molecule has 0 saturated carbocycles. The first-order valence-electron chi connectivity index (χ1n) is 1.26. The number of hydrogen-bond acceptors (Lipinski definition) is 1. The van der Waals surface area contributed by atoms with Crippen LogP contribution in [0.15, 0.2) is 12.3 Å². The summed E-state index contributed by atoms with van der Waals surface area (Å²) in [7, 11) is 0. The van der Waals surface area contributed by atoms with Crippen LogP contribution in [0.4, 0.5) is 0 Å². The summed E-state index contributed by atoms with van der Waals surface area (Å²) < 4.78 is 0. The van der Waals surface area contributed by atoms with E-state index in [1.165, 1.54) is 5.70 Å². The Kier molecular flexibility index (Phi) is 5.74. The molecule has 0 amide bonds. The molecule has 0 unspecified atom stereocenters. The average molecular weight is 179 g/mol. The molecule has 0 bridgehead atoms. The third kappa shape index (κ3) is 10.8. The minimum Gasteiger partial charge on any atom is -0.344 e. The van der Waals surface area contributed by atoms with Gasteiger partial charge in [-0.2, -0.15) is 0 Å². The van der Waals surface area contributed by atoms with E-state index in [0.717, 1.165) is 0 Å². The zero-order valence-electron chi connectivity index (χ0n) is 3.63. The smallest absolute Gasteiger partial charge is 0.344 e. The maximum Gasteiger partial charge on any atom is 0.365 e. The van der Waals surface area contributed by atoms with Gasteiger partial charge < -0.3 is 6.15 Å². The van der Waals surface area contributed by atoms with E-state index in [1.807, 2.05) is 0 Å². The summed E-state index contributed by atoms with van der Waals surface area (Å²) in [5, 5.41) is 0. The van der Waals surface area contributed by atoms with Gasteiger partial charge >= 0.3 is 6.00 Å². The third-order valence-corrected chi connectivity index (χ3v) is 2.08. The fourth-order valence-electron chi connectivity index (χ4n) is 0. The molecule has 0 radical (unpaired) electrons. The minimum atomic E-state index is -2.45. The summed E-state index contributed by atoms with van der Waals surface area (Å²) in [5.41, 5.74) is 1.37. The van der Waals surface area contributed by atoms with Crippen molar-refractivity contribution in [2.45, 2.75) is 0 Å². The van der Waals surface area contributed by atoms with Crippen LogP contribution in [0.5, 0.6) is 0 Å². The molecule has 5 heteroatoms. The highest BCUT2D eigenvalue weighted by molar-refractivity contribution is 7.66. The molecule has 0 aromatic carbocycles. The molecule has 0 aromatic heterocycles. The molecule has 44 valence electrons. The van der Waals surface area contributed by atoms with E-state index in [9.17, 15) is 0 Å². The molecule has 0 saturated heterocycles. The predicted molar refractivity (Wildman–Crippen MR) is 38.5 cm³/mol. The van der Waals surface area contributed by atoms with Crippen molar-refractivity contribution in [1.82, 2.24) is 6.15 Å². The van der Waals surface area contributed by atoms with Gasteiger partial charge in [-0.15, -0.1) is 39.8 Å². The van der Waals surface area contributed by atoms with Crippen LogP contribution in [-0.2, 0) is 0 Å². The summed E-state index contributed by atoms with van der Waals surface area (Å²) in [6.45, 7) is 3.30. The number of halogens is 3. The molecular formula is C2H6Cl3NSi. The Labute approximate surface area is 58.0 Å². The summed E-state index contributed by atoms with van der Waals surface area (Å²) in [6.07, 6.45) is 0. The van der Waals surface area contributed by atoms with Gasteiger partial charge in [0, 0.05) is 0 Å².